The molecule has 1 N–H and O–H groups in total. The Bertz CT molecular complexity index is 519. The third-order valence-electron chi connectivity index (χ3n) is 3.62. The highest BCUT2D eigenvalue weighted by atomic mass is 33.1. The Morgan fingerprint density at radius 3 is 2.68 bits per heavy atom. The molecule has 3 nitrogen and oxygen atoms in total. The van der Waals surface area contributed by atoms with E-state index in [-0.39, 0.29) is 0 Å². The van der Waals surface area contributed by atoms with E-state index in [0.717, 1.165) is 31.0 Å². The maximum Gasteiger partial charge on any atom is 0.0320 e. The van der Waals surface area contributed by atoms with Gasteiger partial charge in [0, 0.05) is 50.6 Å². The molecule has 0 amide bonds. The Kier molecular flexibility index (Phi) is 13.2. The van der Waals surface area contributed by atoms with Crippen LogP contribution < -0.4 is 5.32 Å². The lowest BCUT2D eigenvalue weighted by atomic mass is 9.98. The van der Waals surface area contributed by atoms with E-state index in [1.807, 2.05) is 46.9 Å². The molecular weight excluding hydrogens is 346 g/mol. The molecule has 0 fully saturated rings. The Balaban J connectivity index is 2.23. The lowest BCUT2D eigenvalue weighted by molar-refractivity contribution is 0.454. The fourth-order valence-electron chi connectivity index (χ4n) is 2.15. The molecular formula is C20H31N3S2. The van der Waals surface area contributed by atoms with E-state index in [1.54, 1.807) is 13.3 Å². The summed E-state index contributed by atoms with van der Waals surface area (Å²) in [7, 11) is 9.85. The lowest BCUT2D eigenvalue weighted by Crippen LogP contribution is -2.21. The Morgan fingerprint density at radius 2 is 1.96 bits per heavy atom. The van der Waals surface area contributed by atoms with Gasteiger partial charge in [-0.2, -0.15) is 0 Å². The molecule has 1 rings (SSSR count). The average molecular weight is 378 g/mol. The molecule has 0 saturated heterocycles. The van der Waals surface area contributed by atoms with Crippen molar-refractivity contribution in [2.75, 3.05) is 45.7 Å². The number of likely N-dealkylation sites (N-methyl/N-ethyl adjacent to an activating group) is 1. The largest absolute Gasteiger partial charge is 0.374 e. The van der Waals surface area contributed by atoms with Crippen LogP contribution in [0.25, 0.3) is 0 Å². The molecule has 1 aliphatic carbocycles. The van der Waals surface area contributed by atoms with Gasteiger partial charge in [-0.1, -0.05) is 64.1 Å². The van der Waals surface area contributed by atoms with Crippen LogP contribution in [0.5, 0.6) is 0 Å². The second-order valence-corrected chi connectivity index (χ2v) is 8.32. The van der Waals surface area contributed by atoms with Crippen LogP contribution in [0.4, 0.5) is 0 Å². The summed E-state index contributed by atoms with van der Waals surface area (Å²) in [5.41, 5.74) is 1.34. The summed E-state index contributed by atoms with van der Waals surface area (Å²) in [6.45, 7) is 2.17. The molecule has 1 atom stereocenters. The highest BCUT2D eigenvalue weighted by molar-refractivity contribution is 8.76. The number of aliphatic imine (C=N–C) groups is 1. The number of hydrogen-bond acceptors (Lipinski definition) is 5. The zero-order chi connectivity index (χ0) is 18.2. The number of nitrogens with one attached hydrogen (secondary N) is 1. The van der Waals surface area contributed by atoms with E-state index in [0.29, 0.717) is 5.92 Å². The van der Waals surface area contributed by atoms with E-state index in [4.69, 9.17) is 0 Å². The summed E-state index contributed by atoms with van der Waals surface area (Å²) in [5.74, 6) is 2.81. The molecule has 5 heteroatoms. The smallest absolute Gasteiger partial charge is 0.0320 e. The van der Waals surface area contributed by atoms with Gasteiger partial charge in [0.05, 0.1) is 0 Å². The summed E-state index contributed by atoms with van der Waals surface area (Å²) in [6.07, 6.45) is 22.1. The standard InChI is InChI=1S/C20H31N3S2/c1-21-14-8-6-4-5-7-9-19-10-12-20(13-11-19)23(3)16-18-25-24-17-15-22-2/h4-10,12-14,19,22H,11,15-18H2,1-3H3/b5-4+,8-6-,9-7+,21-14+. The van der Waals surface area contributed by atoms with E-state index >= 15 is 0 Å². The highest BCUT2D eigenvalue weighted by Gasteiger charge is 2.08. The van der Waals surface area contributed by atoms with Gasteiger partial charge in [0.15, 0.2) is 0 Å². The fourth-order valence-corrected chi connectivity index (χ4v) is 4.20. The molecule has 0 spiro atoms. The van der Waals surface area contributed by atoms with Crippen LogP contribution in [0.15, 0.2) is 65.4 Å². The molecule has 25 heavy (non-hydrogen) atoms. The highest BCUT2D eigenvalue weighted by Crippen LogP contribution is 2.22. The van der Waals surface area contributed by atoms with Gasteiger partial charge in [0.2, 0.25) is 0 Å². The second kappa shape index (κ2) is 15.1. The molecule has 0 saturated carbocycles. The third-order valence-corrected chi connectivity index (χ3v) is 6.01. The van der Waals surface area contributed by atoms with E-state index in [9.17, 15) is 0 Å². The van der Waals surface area contributed by atoms with E-state index in [1.165, 1.54) is 5.70 Å². The molecule has 0 radical (unpaired) electrons. The maximum atomic E-state index is 3.90. The molecule has 1 unspecified atom stereocenters. The van der Waals surface area contributed by atoms with Crippen molar-refractivity contribution in [1.29, 1.82) is 0 Å². The summed E-state index contributed by atoms with van der Waals surface area (Å²) < 4.78 is 0. The second-order valence-electron chi connectivity index (χ2n) is 5.62. The monoisotopic (exact) mass is 377 g/mol. The first-order chi connectivity index (χ1) is 12.3. The van der Waals surface area contributed by atoms with E-state index in [2.05, 4.69) is 58.7 Å². The lowest BCUT2D eigenvalue weighted by Gasteiger charge is -2.23. The molecule has 0 aromatic carbocycles. The van der Waals surface area contributed by atoms with Gasteiger partial charge < -0.3 is 10.2 Å². The van der Waals surface area contributed by atoms with Gasteiger partial charge in [-0.15, -0.1) is 0 Å². The van der Waals surface area contributed by atoms with Crippen molar-refractivity contribution >= 4 is 27.8 Å². The molecule has 0 bridgehead atoms. The van der Waals surface area contributed by atoms with Gasteiger partial charge in [-0.25, -0.2) is 0 Å². The first-order valence-electron chi connectivity index (χ1n) is 8.68. The van der Waals surface area contributed by atoms with Crippen LogP contribution in [-0.4, -0.2) is 56.9 Å². The van der Waals surface area contributed by atoms with Crippen molar-refractivity contribution in [2.24, 2.45) is 10.9 Å². The summed E-state index contributed by atoms with van der Waals surface area (Å²) in [4.78, 5) is 6.24. The molecule has 138 valence electrons. The quantitative estimate of drug-likeness (QED) is 0.237. The van der Waals surface area contributed by atoms with Crippen molar-refractivity contribution in [3.8, 4) is 0 Å². The van der Waals surface area contributed by atoms with Gasteiger partial charge >= 0.3 is 0 Å². The van der Waals surface area contributed by atoms with Gasteiger partial charge in [0.25, 0.3) is 0 Å². The minimum atomic E-state index is 0.495. The zero-order valence-corrected chi connectivity index (χ0v) is 17.2. The number of rotatable bonds is 12. The van der Waals surface area contributed by atoms with Gasteiger partial charge in [-0.3, -0.25) is 4.99 Å². The van der Waals surface area contributed by atoms with Crippen LogP contribution in [0.2, 0.25) is 0 Å². The third kappa shape index (κ3) is 11.1. The first-order valence-corrected chi connectivity index (χ1v) is 11.2. The molecule has 0 aromatic heterocycles. The maximum absolute atomic E-state index is 3.90. The number of nitrogens with zero attached hydrogens (tertiary/aromatic N) is 2. The number of hydrogen-bond donors (Lipinski definition) is 1. The van der Waals surface area contributed by atoms with Crippen LogP contribution in [-0.2, 0) is 0 Å². The van der Waals surface area contributed by atoms with Crippen molar-refractivity contribution in [3.05, 3.63) is 60.4 Å². The molecule has 1 aliphatic rings. The van der Waals surface area contributed by atoms with Crippen molar-refractivity contribution < 1.29 is 0 Å². The normalized spacial score (nSPS) is 18.2. The molecule has 0 aliphatic heterocycles. The minimum absolute atomic E-state index is 0.495. The zero-order valence-electron chi connectivity index (χ0n) is 15.6. The first kappa shape index (κ1) is 21.9. The van der Waals surface area contributed by atoms with Crippen LogP contribution in [0.3, 0.4) is 0 Å². The van der Waals surface area contributed by atoms with Gasteiger partial charge in [0.1, 0.15) is 0 Å². The minimum Gasteiger partial charge on any atom is -0.374 e. The fraction of sp³-hybridized carbons (Fsp3) is 0.450. The molecule has 0 heterocycles. The SMILES string of the molecule is C/N=C/C=C\C=C\C=C\C1C=CC(N(C)CCSSCCNC)=CC1. The Hall–Kier alpha value is -1.17. The van der Waals surface area contributed by atoms with Crippen molar-refractivity contribution in [2.45, 2.75) is 6.42 Å². The number of allylic oxidation sites excluding steroid dienone is 9. The predicted octanol–water partition coefficient (Wildman–Crippen LogP) is 4.35. The van der Waals surface area contributed by atoms with Crippen molar-refractivity contribution in [1.82, 2.24) is 10.2 Å². The Morgan fingerprint density at radius 1 is 1.20 bits per heavy atom. The summed E-state index contributed by atoms with van der Waals surface area (Å²) >= 11 is 0. The van der Waals surface area contributed by atoms with Crippen molar-refractivity contribution in [3.63, 3.8) is 0 Å². The van der Waals surface area contributed by atoms with Crippen LogP contribution in [0, 0.1) is 5.92 Å². The Labute approximate surface area is 161 Å². The topological polar surface area (TPSA) is 27.6 Å². The summed E-state index contributed by atoms with van der Waals surface area (Å²) in [6, 6.07) is 0. The van der Waals surface area contributed by atoms with Crippen LogP contribution in [0.1, 0.15) is 6.42 Å². The molecule has 0 aromatic rings. The average Bonchev–Trinajstić information content (AvgIpc) is 2.64. The predicted molar refractivity (Wildman–Crippen MR) is 119 cm³/mol. The van der Waals surface area contributed by atoms with Crippen LogP contribution >= 0.6 is 21.6 Å². The summed E-state index contributed by atoms with van der Waals surface area (Å²) in [5, 5.41) is 3.17. The van der Waals surface area contributed by atoms with E-state index < -0.39 is 0 Å². The van der Waals surface area contributed by atoms with Gasteiger partial charge in [-0.05, 0) is 31.5 Å².